The van der Waals surface area contributed by atoms with E-state index in [4.69, 9.17) is 0 Å². The van der Waals surface area contributed by atoms with Crippen LogP contribution in [0.25, 0.3) is 11.4 Å². The van der Waals surface area contributed by atoms with Gasteiger partial charge in [-0.2, -0.15) is 13.2 Å². The van der Waals surface area contributed by atoms with Crippen molar-refractivity contribution in [2.45, 2.75) is 19.0 Å². The number of rotatable bonds is 1. The van der Waals surface area contributed by atoms with Crippen LogP contribution < -0.4 is 0 Å². The van der Waals surface area contributed by atoms with Crippen molar-refractivity contribution >= 4 is 5.78 Å². The second-order valence-corrected chi connectivity index (χ2v) is 4.56. The minimum absolute atomic E-state index is 0.0612. The second kappa shape index (κ2) is 4.16. The minimum atomic E-state index is -4.56. The van der Waals surface area contributed by atoms with E-state index < -0.39 is 17.7 Å². The zero-order valence-corrected chi connectivity index (χ0v) is 10.0. The van der Waals surface area contributed by atoms with Crippen LogP contribution in [0, 0.1) is 5.82 Å². The number of benzene rings is 1. The number of aromatic amines is 1. The summed E-state index contributed by atoms with van der Waals surface area (Å²) in [7, 11) is 0. The molecular weight excluding hydrogens is 276 g/mol. The lowest BCUT2D eigenvalue weighted by Crippen LogP contribution is -2.05. The molecule has 3 nitrogen and oxygen atoms in total. The molecule has 2 aromatic rings. The molecule has 0 bridgehead atoms. The number of nitrogens with zero attached hydrogens (tertiary/aromatic N) is 1. The first-order valence-electron chi connectivity index (χ1n) is 5.84. The Hall–Kier alpha value is -2.18. The maximum absolute atomic E-state index is 13.9. The summed E-state index contributed by atoms with van der Waals surface area (Å²) in [5, 5.41) is 0. The number of carbonyl (C=O) groups excluding carboxylic acids is 1. The Balaban J connectivity index is 2.07. The van der Waals surface area contributed by atoms with Crippen molar-refractivity contribution in [2.75, 3.05) is 0 Å². The zero-order valence-electron chi connectivity index (χ0n) is 10.0. The summed E-state index contributed by atoms with van der Waals surface area (Å²) in [4.78, 5) is 17.1. The van der Waals surface area contributed by atoms with Crippen LogP contribution in [-0.4, -0.2) is 15.8 Å². The van der Waals surface area contributed by atoms with Gasteiger partial charge in [0.05, 0.1) is 11.8 Å². The highest BCUT2D eigenvalue weighted by Gasteiger charge is 2.33. The fourth-order valence-corrected chi connectivity index (χ4v) is 2.25. The Morgan fingerprint density at radius 3 is 2.55 bits per heavy atom. The van der Waals surface area contributed by atoms with E-state index in [0.29, 0.717) is 30.2 Å². The van der Waals surface area contributed by atoms with Gasteiger partial charge in [-0.15, -0.1) is 0 Å². The van der Waals surface area contributed by atoms with Gasteiger partial charge in [-0.1, -0.05) is 0 Å². The van der Waals surface area contributed by atoms with Gasteiger partial charge in [0.2, 0.25) is 0 Å². The number of nitrogens with one attached hydrogen (secondary N) is 1. The van der Waals surface area contributed by atoms with Crippen LogP contribution in [0.4, 0.5) is 17.6 Å². The van der Waals surface area contributed by atoms with E-state index in [1.165, 1.54) is 6.07 Å². The number of Topliss-reactive ketones (excluding diaryl/α,β-unsaturated/α-hetero) is 1. The second-order valence-electron chi connectivity index (χ2n) is 4.56. The molecule has 0 fully saturated rings. The van der Waals surface area contributed by atoms with Crippen LogP contribution in [0.5, 0.6) is 0 Å². The molecule has 0 saturated heterocycles. The third-order valence-corrected chi connectivity index (χ3v) is 3.25. The molecule has 0 spiro atoms. The molecule has 7 heteroatoms. The highest BCUT2D eigenvalue weighted by molar-refractivity contribution is 6.00. The van der Waals surface area contributed by atoms with Gasteiger partial charge in [0.1, 0.15) is 17.3 Å². The number of hydrogen-bond acceptors (Lipinski definition) is 2. The minimum Gasteiger partial charge on any atom is -0.334 e. The first-order valence-corrected chi connectivity index (χ1v) is 5.84. The summed E-state index contributed by atoms with van der Waals surface area (Å²) < 4.78 is 51.4. The third-order valence-electron chi connectivity index (χ3n) is 3.25. The molecule has 0 amide bonds. The molecule has 20 heavy (non-hydrogen) atoms. The molecule has 1 heterocycles. The lowest BCUT2D eigenvalue weighted by Gasteiger charge is -2.05. The lowest BCUT2D eigenvalue weighted by molar-refractivity contribution is -0.140. The van der Waals surface area contributed by atoms with Crippen molar-refractivity contribution < 1.29 is 22.4 Å². The number of carbonyl (C=O) groups is 1. The summed E-state index contributed by atoms with van der Waals surface area (Å²) >= 11 is 0. The SMILES string of the molecule is O=C1CCc2cc(-c3ncc(C(F)(F)F)[nH]3)c(F)cc21. The first kappa shape index (κ1) is 12.8. The molecule has 3 rings (SSSR count). The molecule has 1 aromatic carbocycles. The summed E-state index contributed by atoms with van der Waals surface area (Å²) in [6.07, 6.45) is -3.18. The molecule has 104 valence electrons. The molecule has 0 atom stereocenters. The van der Waals surface area contributed by atoms with Crippen LogP contribution in [-0.2, 0) is 12.6 Å². The van der Waals surface area contributed by atoms with Gasteiger partial charge < -0.3 is 4.98 Å². The van der Waals surface area contributed by atoms with Gasteiger partial charge in [-0.3, -0.25) is 4.79 Å². The zero-order chi connectivity index (χ0) is 14.5. The van der Waals surface area contributed by atoms with Gasteiger partial charge in [0.25, 0.3) is 0 Å². The standard InChI is InChI=1S/C13H8F4N2O/c14-9-4-7-6(1-2-10(7)20)3-8(9)12-18-5-11(19-12)13(15,16)17/h3-5H,1-2H2,(H,18,19). The Morgan fingerprint density at radius 2 is 1.90 bits per heavy atom. The average molecular weight is 284 g/mol. The summed E-state index contributed by atoms with van der Waals surface area (Å²) in [6.45, 7) is 0. The monoisotopic (exact) mass is 284 g/mol. The van der Waals surface area contributed by atoms with E-state index >= 15 is 0 Å². The van der Waals surface area contributed by atoms with Gasteiger partial charge in [0, 0.05) is 12.0 Å². The van der Waals surface area contributed by atoms with Crippen LogP contribution in [0.2, 0.25) is 0 Å². The maximum Gasteiger partial charge on any atom is 0.432 e. The number of imidazole rings is 1. The van der Waals surface area contributed by atoms with Crippen molar-refractivity contribution in [1.29, 1.82) is 0 Å². The number of ketones is 1. The van der Waals surface area contributed by atoms with E-state index in [1.54, 1.807) is 0 Å². The summed E-state index contributed by atoms with van der Waals surface area (Å²) in [5.74, 6) is -1.11. The molecule has 0 saturated carbocycles. The summed E-state index contributed by atoms with van der Waals surface area (Å²) in [5.41, 5.74) is -0.164. The van der Waals surface area contributed by atoms with Crippen LogP contribution in [0.15, 0.2) is 18.3 Å². The Bertz CT molecular complexity index is 703. The topological polar surface area (TPSA) is 45.8 Å². The Labute approximate surface area is 110 Å². The molecule has 1 N–H and O–H groups in total. The van der Waals surface area contributed by atoms with Gasteiger partial charge in [-0.25, -0.2) is 9.37 Å². The Morgan fingerprint density at radius 1 is 1.15 bits per heavy atom. The number of alkyl halides is 3. The van der Waals surface area contributed by atoms with Crippen molar-refractivity contribution in [3.05, 3.63) is 41.0 Å². The van der Waals surface area contributed by atoms with E-state index in [9.17, 15) is 22.4 Å². The quantitative estimate of drug-likeness (QED) is 0.816. The predicted octanol–water partition coefficient (Wildman–Crippen LogP) is 3.36. The lowest BCUT2D eigenvalue weighted by atomic mass is 10.1. The van der Waals surface area contributed by atoms with Gasteiger partial charge in [0.15, 0.2) is 5.78 Å². The van der Waals surface area contributed by atoms with E-state index in [1.807, 2.05) is 0 Å². The number of aromatic nitrogens is 2. The van der Waals surface area contributed by atoms with E-state index in [-0.39, 0.29) is 17.2 Å². The predicted molar refractivity (Wildman–Crippen MR) is 61.6 cm³/mol. The molecule has 1 aromatic heterocycles. The van der Waals surface area contributed by atoms with Crippen molar-refractivity contribution in [1.82, 2.24) is 9.97 Å². The maximum atomic E-state index is 13.9. The number of aryl methyl sites for hydroxylation is 1. The first-order chi connectivity index (χ1) is 9.36. The van der Waals surface area contributed by atoms with Gasteiger partial charge in [-0.05, 0) is 24.1 Å². The number of H-pyrrole nitrogens is 1. The molecular formula is C13H8F4N2O. The highest BCUT2D eigenvalue weighted by Crippen LogP contribution is 2.32. The molecule has 1 aliphatic rings. The van der Waals surface area contributed by atoms with Crippen LogP contribution in [0.3, 0.4) is 0 Å². The highest BCUT2D eigenvalue weighted by atomic mass is 19.4. The molecule has 0 radical (unpaired) electrons. The van der Waals surface area contributed by atoms with Crippen LogP contribution in [0.1, 0.15) is 28.0 Å². The number of fused-ring (bicyclic) bond motifs is 1. The normalized spacial score (nSPS) is 14.7. The van der Waals surface area contributed by atoms with Crippen LogP contribution >= 0.6 is 0 Å². The smallest absolute Gasteiger partial charge is 0.334 e. The van der Waals surface area contributed by atoms with Crippen molar-refractivity contribution in [2.24, 2.45) is 0 Å². The van der Waals surface area contributed by atoms with Crippen molar-refractivity contribution in [3.63, 3.8) is 0 Å². The summed E-state index contributed by atoms with van der Waals surface area (Å²) in [6, 6.07) is 2.45. The third kappa shape index (κ3) is 1.99. The molecule has 0 aliphatic heterocycles. The molecule has 0 unspecified atom stereocenters. The van der Waals surface area contributed by atoms with E-state index in [2.05, 4.69) is 9.97 Å². The number of halogens is 4. The largest absolute Gasteiger partial charge is 0.432 e. The average Bonchev–Trinajstić information content (AvgIpc) is 2.96. The van der Waals surface area contributed by atoms with E-state index in [0.717, 1.165) is 6.07 Å². The Kier molecular flexibility index (Phi) is 2.67. The molecule has 1 aliphatic carbocycles. The fourth-order valence-electron chi connectivity index (χ4n) is 2.25. The van der Waals surface area contributed by atoms with Crippen molar-refractivity contribution in [3.8, 4) is 11.4 Å². The van der Waals surface area contributed by atoms with Gasteiger partial charge >= 0.3 is 6.18 Å². The fraction of sp³-hybridized carbons (Fsp3) is 0.231. The number of hydrogen-bond donors (Lipinski definition) is 1.